The molecule has 0 atom stereocenters. The van der Waals surface area contributed by atoms with Gasteiger partial charge in [-0.25, -0.2) is 8.42 Å². The van der Waals surface area contributed by atoms with Crippen LogP contribution in [0.5, 0.6) is 5.75 Å². The Hall–Kier alpha value is -0.940. The topological polar surface area (TPSA) is 46.6 Å². The lowest BCUT2D eigenvalue weighted by molar-refractivity contribution is 0.396. The number of nitrogens with zero attached hydrogens (tertiary/aromatic N) is 1. The van der Waals surface area contributed by atoms with E-state index in [1.54, 1.807) is 6.07 Å². The van der Waals surface area contributed by atoms with Crippen LogP contribution in [0.2, 0.25) is 0 Å². The first kappa shape index (κ1) is 12.5. The number of anilines is 1. The first-order valence-corrected chi connectivity index (χ1v) is 7.61. The van der Waals surface area contributed by atoms with Crippen LogP contribution in [0.25, 0.3) is 0 Å². The van der Waals surface area contributed by atoms with Crippen LogP contribution in [0, 0.1) is 0 Å². The van der Waals surface area contributed by atoms with E-state index in [-0.39, 0.29) is 4.90 Å². The SMILES string of the molecule is COc1c(S(=O)(=O)Cl)ccc2c1CCCN2C. The minimum Gasteiger partial charge on any atom is -0.495 e. The van der Waals surface area contributed by atoms with Gasteiger partial charge in [-0.1, -0.05) is 0 Å². The summed E-state index contributed by atoms with van der Waals surface area (Å²) in [6.45, 7) is 0.961. The number of hydrogen-bond donors (Lipinski definition) is 0. The summed E-state index contributed by atoms with van der Waals surface area (Å²) in [5.74, 6) is 0.379. The molecule has 0 saturated carbocycles. The van der Waals surface area contributed by atoms with Gasteiger partial charge in [-0.2, -0.15) is 0 Å². The van der Waals surface area contributed by atoms with Gasteiger partial charge in [0.2, 0.25) is 0 Å². The Bertz CT molecular complexity index is 542. The van der Waals surface area contributed by atoms with E-state index < -0.39 is 9.05 Å². The average Bonchev–Trinajstić information content (AvgIpc) is 2.26. The van der Waals surface area contributed by atoms with Crippen molar-refractivity contribution in [2.24, 2.45) is 0 Å². The molecule has 2 rings (SSSR count). The number of fused-ring (bicyclic) bond motifs is 1. The highest BCUT2D eigenvalue weighted by atomic mass is 35.7. The molecule has 1 aliphatic heterocycles. The summed E-state index contributed by atoms with van der Waals surface area (Å²) in [6, 6.07) is 3.29. The van der Waals surface area contributed by atoms with Crippen LogP contribution < -0.4 is 9.64 Å². The predicted octanol–water partition coefficient (Wildman–Crippen LogP) is 2.01. The molecule has 0 bridgehead atoms. The quantitative estimate of drug-likeness (QED) is 0.775. The molecular formula is C11H14ClNO3S. The van der Waals surface area contributed by atoms with Gasteiger partial charge in [0.1, 0.15) is 10.6 Å². The van der Waals surface area contributed by atoms with E-state index in [1.807, 2.05) is 7.05 Å². The Morgan fingerprint density at radius 1 is 1.41 bits per heavy atom. The molecule has 1 aromatic rings. The molecule has 17 heavy (non-hydrogen) atoms. The van der Waals surface area contributed by atoms with Crippen molar-refractivity contribution in [1.29, 1.82) is 0 Å². The minimum atomic E-state index is -3.77. The van der Waals surface area contributed by atoms with Crippen LogP contribution >= 0.6 is 10.7 Å². The first-order chi connectivity index (χ1) is 7.95. The summed E-state index contributed by atoms with van der Waals surface area (Å²) in [4.78, 5) is 2.14. The Labute approximate surface area is 106 Å². The van der Waals surface area contributed by atoms with Crippen LogP contribution in [0.1, 0.15) is 12.0 Å². The second kappa shape index (κ2) is 4.38. The summed E-state index contributed by atoms with van der Waals surface area (Å²) in [6.07, 6.45) is 1.79. The second-order valence-corrected chi connectivity index (χ2v) is 6.59. The van der Waals surface area contributed by atoms with E-state index in [0.717, 1.165) is 30.6 Å². The molecule has 0 aliphatic carbocycles. The summed E-state index contributed by atoms with van der Waals surface area (Å²) in [7, 11) is 5.08. The fraction of sp³-hybridized carbons (Fsp3) is 0.455. The summed E-state index contributed by atoms with van der Waals surface area (Å²) in [5.41, 5.74) is 1.93. The lowest BCUT2D eigenvalue weighted by Gasteiger charge is -2.29. The van der Waals surface area contributed by atoms with Gasteiger partial charge in [-0.15, -0.1) is 0 Å². The lowest BCUT2D eigenvalue weighted by Crippen LogP contribution is -2.25. The van der Waals surface area contributed by atoms with Crippen molar-refractivity contribution >= 4 is 25.4 Å². The summed E-state index contributed by atoms with van der Waals surface area (Å²) in [5, 5.41) is 0. The molecule has 1 heterocycles. The van der Waals surface area contributed by atoms with Crippen LogP contribution in [0.4, 0.5) is 5.69 Å². The van der Waals surface area contributed by atoms with E-state index in [0.29, 0.717) is 5.75 Å². The zero-order valence-electron chi connectivity index (χ0n) is 9.73. The molecule has 0 fully saturated rings. The molecule has 6 heteroatoms. The molecule has 1 aliphatic rings. The van der Waals surface area contributed by atoms with E-state index >= 15 is 0 Å². The van der Waals surface area contributed by atoms with Gasteiger partial charge < -0.3 is 9.64 Å². The van der Waals surface area contributed by atoms with Gasteiger partial charge in [0, 0.05) is 35.5 Å². The van der Waals surface area contributed by atoms with Gasteiger partial charge in [0.15, 0.2) is 0 Å². The molecule has 0 aromatic heterocycles. The highest BCUT2D eigenvalue weighted by molar-refractivity contribution is 8.13. The average molecular weight is 276 g/mol. The molecule has 94 valence electrons. The van der Waals surface area contributed by atoms with Gasteiger partial charge in [0.05, 0.1) is 7.11 Å². The van der Waals surface area contributed by atoms with E-state index in [1.165, 1.54) is 13.2 Å². The number of hydrogen-bond acceptors (Lipinski definition) is 4. The summed E-state index contributed by atoms with van der Waals surface area (Å²) < 4.78 is 28.1. The monoisotopic (exact) mass is 275 g/mol. The maximum Gasteiger partial charge on any atom is 0.264 e. The third-order valence-corrected chi connectivity index (χ3v) is 4.34. The highest BCUT2D eigenvalue weighted by Crippen LogP contribution is 2.39. The Kier molecular flexibility index (Phi) is 3.23. The molecule has 0 N–H and O–H groups in total. The molecule has 0 radical (unpaired) electrons. The maximum absolute atomic E-state index is 11.5. The van der Waals surface area contributed by atoms with Gasteiger partial charge in [-0.3, -0.25) is 0 Å². The van der Waals surface area contributed by atoms with Gasteiger partial charge in [-0.05, 0) is 25.0 Å². The minimum absolute atomic E-state index is 0.0516. The van der Waals surface area contributed by atoms with E-state index in [2.05, 4.69) is 4.90 Å². The zero-order chi connectivity index (χ0) is 12.6. The molecule has 4 nitrogen and oxygen atoms in total. The first-order valence-electron chi connectivity index (χ1n) is 5.31. The fourth-order valence-corrected chi connectivity index (χ4v) is 3.25. The Morgan fingerprint density at radius 2 is 2.12 bits per heavy atom. The maximum atomic E-state index is 11.5. The Morgan fingerprint density at radius 3 is 2.71 bits per heavy atom. The van der Waals surface area contributed by atoms with Gasteiger partial charge >= 0.3 is 0 Å². The molecule has 1 aromatic carbocycles. The number of rotatable bonds is 2. The van der Waals surface area contributed by atoms with Crippen molar-refractivity contribution in [3.63, 3.8) is 0 Å². The van der Waals surface area contributed by atoms with Crippen molar-refractivity contribution in [3.8, 4) is 5.75 Å². The lowest BCUT2D eigenvalue weighted by atomic mass is 10.0. The molecule has 0 unspecified atom stereocenters. The fourth-order valence-electron chi connectivity index (χ4n) is 2.22. The van der Waals surface area contributed by atoms with Crippen molar-refractivity contribution in [3.05, 3.63) is 17.7 Å². The largest absolute Gasteiger partial charge is 0.495 e. The third kappa shape index (κ3) is 2.21. The smallest absolute Gasteiger partial charge is 0.264 e. The molecule has 0 amide bonds. The molecule has 0 spiro atoms. The third-order valence-electron chi connectivity index (χ3n) is 3.00. The number of ether oxygens (including phenoxy) is 1. The summed E-state index contributed by atoms with van der Waals surface area (Å²) >= 11 is 0. The van der Waals surface area contributed by atoms with Crippen molar-refractivity contribution in [2.75, 3.05) is 25.6 Å². The van der Waals surface area contributed by atoms with Crippen LogP contribution in [0.3, 0.4) is 0 Å². The number of benzene rings is 1. The number of methoxy groups -OCH3 is 1. The van der Waals surface area contributed by atoms with Crippen LogP contribution in [0.15, 0.2) is 17.0 Å². The second-order valence-electron chi connectivity index (χ2n) is 4.06. The van der Waals surface area contributed by atoms with E-state index in [4.69, 9.17) is 15.4 Å². The van der Waals surface area contributed by atoms with Crippen LogP contribution in [-0.2, 0) is 15.5 Å². The number of halogens is 1. The standard InChI is InChI=1S/C11H14ClNO3S/c1-13-7-3-4-8-9(13)5-6-10(11(8)16-2)17(12,14)15/h5-6H,3-4,7H2,1-2H3. The van der Waals surface area contributed by atoms with Gasteiger partial charge in [0.25, 0.3) is 9.05 Å². The zero-order valence-corrected chi connectivity index (χ0v) is 11.3. The van der Waals surface area contributed by atoms with Crippen LogP contribution in [-0.4, -0.2) is 29.1 Å². The van der Waals surface area contributed by atoms with Crippen molar-refractivity contribution in [2.45, 2.75) is 17.7 Å². The highest BCUT2D eigenvalue weighted by Gasteiger charge is 2.25. The Balaban J connectivity index is 2.68. The van der Waals surface area contributed by atoms with E-state index in [9.17, 15) is 8.42 Å². The van der Waals surface area contributed by atoms with Crippen molar-refractivity contribution < 1.29 is 13.2 Å². The molecule has 0 saturated heterocycles. The predicted molar refractivity (Wildman–Crippen MR) is 67.6 cm³/mol. The normalized spacial score (nSPS) is 15.6. The van der Waals surface area contributed by atoms with Crippen molar-refractivity contribution in [1.82, 2.24) is 0 Å². The molecular weight excluding hydrogens is 262 g/mol.